The maximum absolute atomic E-state index is 8.64. The molecule has 13 heavy (non-hydrogen) atoms. The first kappa shape index (κ1) is 10.5. The van der Waals surface area contributed by atoms with Gasteiger partial charge in [0.2, 0.25) is 0 Å². The van der Waals surface area contributed by atoms with Gasteiger partial charge in [-0.15, -0.1) is 0 Å². The Morgan fingerprint density at radius 2 is 2.00 bits per heavy atom. The average molecular weight is 180 g/mol. The van der Waals surface area contributed by atoms with Crippen LogP contribution in [-0.2, 0) is 0 Å². The van der Waals surface area contributed by atoms with Crippen LogP contribution in [-0.4, -0.2) is 12.6 Å². The van der Waals surface area contributed by atoms with E-state index in [-0.39, 0.29) is 6.04 Å². The molecule has 0 heterocycles. The van der Waals surface area contributed by atoms with Gasteiger partial charge in [0.25, 0.3) is 0 Å². The first-order valence-electron chi connectivity index (χ1n) is 5.29. The highest BCUT2D eigenvalue weighted by atomic mass is 14.9. The summed E-state index contributed by atoms with van der Waals surface area (Å²) in [6.45, 7) is 5.26. The molecular formula is C11H20N2. The fourth-order valence-corrected chi connectivity index (χ4v) is 2.03. The van der Waals surface area contributed by atoms with Crippen LogP contribution in [0.15, 0.2) is 0 Å². The smallest absolute Gasteiger partial charge is 0.0924 e. The lowest BCUT2D eigenvalue weighted by atomic mass is 9.75. The van der Waals surface area contributed by atoms with Crippen molar-refractivity contribution in [3.63, 3.8) is 0 Å². The van der Waals surface area contributed by atoms with Gasteiger partial charge in [-0.2, -0.15) is 5.26 Å². The molecule has 1 rings (SSSR count). The van der Waals surface area contributed by atoms with Gasteiger partial charge in [-0.1, -0.05) is 26.2 Å². The molecule has 0 aromatic carbocycles. The third-order valence-corrected chi connectivity index (χ3v) is 3.09. The van der Waals surface area contributed by atoms with E-state index in [1.165, 1.54) is 32.1 Å². The Balaban J connectivity index is 2.29. The fraction of sp³-hybridized carbons (Fsp3) is 0.909. The second-order valence-corrected chi connectivity index (χ2v) is 4.60. The number of nitrogens with one attached hydrogen (secondary N) is 1. The molecule has 74 valence electrons. The SMILES string of the molecule is CC(C#N)NCC1(C)CCCCC1. The van der Waals surface area contributed by atoms with Gasteiger partial charge >= 0.3 is 0 Å². The van der Waals surface area contributed by atoms with E-state index < -0.39 is 0 Å². The van der Waals surface area contributed by atoms with Crippen molar-refractivity contribution in [3.05, 3.63) is 0 Å². The maximum atomic E-state index is 8.64. The number of hydrogen-bond acceptors (Lipinski definition) is 2. The Bertz CT molecular complexity index is 187. The summed E-state index contributed by atoms with van der Waals surface area (Å²) >= 11 is 0. The highest BCUT2D eigenvalue weighted by Crippen LogP contribution is 2.34. The Hall–Kier alpha value is -0.550. The summed E-state index contributed by atoms with van der Waals surface area (Å²) in [6.07, 6.45) is 6.75. The molecule has 0 bridgehead atoms. The van der Waals surface area contributed by atoms with Gasteiger partial charge < -0.3 is 5.32 Å². The molecule has 0 aliphatic heterocycles. The van der Waals surface area contributed by atoms with E-state index in [0.29, 0.717) is 5.41 Å². The number of rotatable bonds is 3. The van der Waals surface area contributed by atoms with E-state index >= 15 is 0 Å². The zero-order valence-corrected chi connectivity index (χ0v) is 8.77. The predicted octanol–water partition coefficient (Wildman–Crippen LogP) is 2.46. The van der Waals surface area contributed by atoms with E-state index in [0.717, 1.165) is 6.54 Å². The minimum absolute atomic E-state index is 0.00116. The van der Waals surface area contributed by atoms with E-state index in [4.69, 9.17) is 5.26 Å². The standard InChI is InChI=1S/C11H20N2/c1-10(8-12)13-9-11(2)6-4-3-5-7-11/h10,13H,3-7,9H2,1-2H3. The van der Waals surface area contributed by atoms with Crippen molar-refractivity contribution in [3.8, 4) is 6.07 Å². The largest absolute Gasteiger partial charge is 0.302 e. The molecule has 0 aromatic heterocycles. The lowest BCUT2D eigenvalue weighted by Crippen LogP contribution is -2.37. The molecule has 1 aliphatic carbocycles. The Morgan fingerprint density at radius 3 is 2.54 bits per heavy atom. The van der Waals surface area contributed by atoms with Gasteiger partial charge in [0.05, 0.1) is 12.1 Å². The van der Waals surface area contributed by atoms with Gasteiger partial charge in [-0.3, -0.25) is 0 Å². The maximum Gasteiger partial charge on any atom is 0.0924 e. The van der Waals surface area contributed by atoms with Crippen molar-refractivity contribution < 1.29 is 0 Å². The third-order valence-electron chi connectivity index (χ3n) is 3.09. The van der Waals surface area contributed by atoms with Gasteiger partial charge in [0.1, 0.15) is 0 Å². The molecule has 0 saturated heterocycles. The highest BCUT2D eigenvalue weighted by Gasteiger charge is 2.26. The van der Waals surface area contributed by atoms with Gasteiger partial charge in [0, 0.05) is 6.54 Å². The first-order chi connectivity index (χ1) is 6.16. The number of nitrogens with zero attached hydrogens (tertiary/aromatic N) is 1. The lowest BCUT2D eigenvalue weighted by molar-refractivity contribution is 0.206. The normalized spacial score (nSPS) is 23.5. The van der Waals surface area contributed by atoms with Crippen LogP contribution in [0.3, 0.4) is 0 Å². The van der Waals surface area contributed by atoms with Crippen LogP contribution in [0.2, 0.25) is 0 Å². The zero-order valence-electron chi connectivity index (χ0n) is 8.77. The van der Waals surface area contributed by atoms with Crippen LogP contribution in [0.25, 0.3) is 0 Å². The molecule has 0 spiro atoms. The minimum atomic E-state index is -0.00116. The Morgan fingerprint density at radius 1 is 1.38 bits per heavy atom. The van der Waals surface area contributed by atoms with Crippen molar-refractivity contribution in [2.24, 2.45) is 5.41 Å². The summed E-state index contributed by atoms with van der Waals surface area (Å²) in [5.74, 6) is 0. The van der Waals surface area contributed by atoms with Crippen molar-refractivity contribution in [2.45, 2.75) is 52.0 Å². The van der Waals surface area contributed by atoms with E-state index in [1.807, 2.05) is 6.92 Å². The van der Waals surface area contributed by atoms with Crippen molar-refractivity contribution in [2.75, 3.05) is 6.54 Å². The van der Waals surface area contributed by atoms with Crippen LogP contribution in [0.1, 0.15) is 46.0 Å². The molecule has 0 aromatic rings. The summed E-state index contributed by atoms with van der Waals surface area (Å²) in [7, 11) is 0. The van der Waals surface area contributed by atoms with Crippen LogP contribution >= 0.6 is 0 Å². The zero-order chi connectivity index (χ0) is 9.73. The minimum Gasteiger partial charge on any atom is -0.302 e. The predicted molar refractivity (Wildman–Crippen MR) is 54.3 cm³/mol. The Labute approximate surface area is 81.3 Å². The number of hydrogen-bond donors (Lipinski definition) is 1. The summed E-state index contributed by atoms with van der Waals surface area (Å²) < 4.78 is 0. The molecule has 1 N–H and O–H groups in total. The average Bonchev–Trinajstić information content (AvgIpc) is 2.15. The Kier molecular flexibility index (Phi) is 3.74. The molecule has 1 fully saturated rings. The summed E-state index contributed by atoms with van der Waals surface area (Å²) in [5.41, 5.74) is 0.448. The molecule has 1 saturated carbocycles. The quantitative estimate of drug-likeness (QED) is 0.724. The van der Waals surface area contributed by atoms with Gasteiger partial charge in [-0.25, -0.2) is 0 Å². The lowest BCUT2D eigenvalue weighted by Gasteiger charge is -2.34. The van der Waals surface area contributed by atoms with Crippen LogP contribution in [0.5, 0.6) is 0 Å². The van der Waals surface area contributed by atoms with Gasteiger partial charge in [-0.05, 0) is 25.2 Å². The van der Waals surface area contributed by atoms with Crippen molar-refractivity contribution in [1.82, 2.24) is 5.32 Å². The molecule has 2 heteroatoms. The van der Waals surface area contributed by atoms with Gasteiger partial charge in [0.15, 0.2) is 0 Å². The second kappa shape index (κ2) is 4.62. The van der Waals surface area contributed by atoms with Crippen LogP contribution < -0.4 is 5.32 Å². The summed E-state index contributed by atoms with van der Waals surface area (Å²) in [5, 5.41) is 11.9. The van der Waals surface area contributed by atoms with Crippen molar-refractivity contribution >= 4 is 0 Å². The van der Waals surface area contributed by atoms with Crippen LogP contribution in [0, 0.1) is 16.7 Å². The highest BCUT2D eigenvalue weighted by molar-refractivity contribution is 4.89. The molecule has 1 aliphatic rings. The summed E-state index contributed by atoms with van der Waals surface area (Å²) in [6, 6.07) is 2.21. The van der Waals surface area contributed by atoms with E-state index in [9.17, 15) is 0 Å². The second-order valence-electron chi connectivity index (χ2n) is 4.60. The molecule has 2 nitrogen and oxygen atoms in total. The van der Waals surface area contributed by atoms with Crippen LogP contribution in [0.4, 0.5) is 0 Å². The summed E-state index contributed by atoms with van der Waals surface area (Å²) in [4.78, 5) is 0. The van der Waals surface area contributed by atoms with Crippen molar-refractivity contribution in [1.29, 1.82) is 5.26 Å². The number of nitriles is 1. The molecular weight excluding hydrogens is 160 g/mol. The van der Waals surface area contributed by atoms with E-state index in [1.54, 1.807) is 0 Å². The fourth-order valence-electron chi connectivity index (χ4n) is 2.03. The van der Waals surface area contributed by atoms with E-state index in [2.05, 4.69) is 18.3 Å². The topological polar surface area (TPSA) is 35.8 Å². The molecule has 0 radical (unpaired) electrons. The third kappa shape index (κ3) is 3.36. The monoisotopic (exact) mass is 180 g/mol. The molecule has 1 unspecified atom stereocenters. The first-order valence-corrected chi connectivity index (χ1v) is 5.29. The molecule has 1 atom stereocenters. The molecule has 0 amide bonds.